The molecule has 1 N–H and O–H groups in total. The molecule has 4 nitrogen and oxygen atoms in total. The Morgan fingerprint density at radius 2 is 1.60 bits per heavy atom. The highest BCUT2D eigenvalue weighted by Gasteiger charge is 2.42. The van der Waals surface area contributed by atoms with Crippen LogP contribution in [0.5, 0.6) is 0 Å². The van der Waals surface area contributed by atoms with Crippen molar-refractivity contribution in [3.8, 4) is 0 Å². The first kappa shape index (κ1) is 18.2. The van der Waals surface area contributed by atoms with Crippen LogP contribution in [0.3, 0.4) is 0 Å². The number of carbonyl (C=O) groups is 1. The molecular weight excluding hydrogens is 310 g/mol. The molecule has 0 radical (unpaired) electrons. The van der Waals surface area contributed by atoms with Crippen LogP contribution in [0.15, 0.2) is 24.3 Å². The van der Waals surface area contributed by atoms with Crippen LogP contribution < -0.4 is 5.32 Å². The molecule has 4 heteroatoms. The Kier molecular flexibility index (Phi) is 5.67. The van der Waals surface area contributed by atoms with Crippen molar-refractivity contribution in [2.45, 2.75) is 64.5 Å². The molecule has 1 aliphatic heterocycles. The van der Waals surface area contributed by atoms with Crippen molar-refractivity contribution < 1.29 is 4.79 Å². The van der Waals surface area contributed by atoms with Crippen LogP contribution in [-0.2, 0) is 4.79 Å². The summed E-state index contributed by atoms with van der Waals surface area (Å²) in [4.78, 5) is 18.0. The number of benzene rings is 1. The minimum Gasteiger partial charge on any atom is -0.371 e. The fourth-order valence-electron chi connectivity index (χ4n) is 4.20. The highest BCUT2D eigenvalue weighted by Crippen LogP contribution is 2.34. The molecule has 1 amide bonds. The van der Waals surface area contributed by atoms with E-state index in [-0.39, 0.29) is 0 Å². The third-order valence-corrected chi connectivity index (χ3v) is 5.88. The van der Waals surface area contributed by atoms with Crippen LogP contribution in [-0.4, -0.2) is 53.5 Å². The first-order valence-corrected chi connectivity index (χ1v) is 9.88. The second-order valence-electron chi connectivity index (χ2n) is 8.06. The molecule has 0 unspecified atom stereocenters. The van der Waals surface area contributed by atoms with Gasteiger partial charge in [-0.1, -0.05) is 37.0 Å². The predicted octanol–water partition coefficient (Wildman–Crippen LogP) is 3.66. The van der Waals surface area contributed by atoms with E-state index in [9.17, 15) is 4.79 Å². The van der Waals surface area contributed by atoms with Gasteiger partial charge in [0.25, 0.3) is 0 Å². The highest BCUT2D eigenvalue weighted by atomic mass is 16.2. The van der Waals surface area contributed by atoms with Crippen molar-refractivity contribution in [3.05, 3.63) is 29.8 Å². The molecule has 2 aliphatic rings. The number of amides is 1. The monoisotopic (exact) mass is 343 g/mol. The molecule has 1 heterocycles. The molecule has 0 spiro atoms. The van der Waals surface area contributed by atoms with Gasteiger partial charge in [-0.2, -0.15) is 0 Å². The van der Waals surface area contributed by atoms with Gasteiger partial charge in [-0.15, -0.1) is 0 Å². The lowest BCUT2D eigenvalue weighted by Crippen LogP contribution is -2.59. The van der Waals surface area contributed by atoms with Gasteiger partial charge in [0, 0.05) is 37.9 Å². The Morgan fingerprint density at radius 3 is 2.16 bits per heavy atom. The van der Waals surface area contributed by atoms with Gasteiger partial charge in [-0.3, -0.25) is 9.69 Å². The average Bonchev–Trinajstić information content (AvgIpc) is 2.64. The Labute approximate surface area is 152 Å². The Hall–Kier alpha value is -1.55. The Bertz CT molecular complexity index is 567. The van der Waals surface area contributed by atoms with Crippen molar-refractivity contribution in [1.29, 1.82) is 0 Å². The average molecular weight is 344 g/mol. The molecule has 1 aromatic rings. The second-order valence-corrected chi connectivity index (χ2v) is 8.06. The zero-order valence-corrected chi connectivity index (χ0v) is 16.1. The summed E-state index contributed by atoms with van der Waals surface area (Å²) in [6, 6.07) is 9.01. The van der Waals surface area contributed by atoms with Gasteiger partial charge in [0.2, 0.25) is 5.91 Å². The normalized spacial score (nSPS) is 21.4. The third kappa shape index (κ3) is 4.17. The zero-order valence-electron chi connectivity index (χ0n) is 16.1. The minimum absolute atomic E-state index is 0.316. The lowest BCUT2D eigenvalue weighted by atomic mass is 9.80. The van der Waals surface area contributed by atoms with Gasteiger partial charge in [-0.25, -0.2) is 0 Å². The minimum atomic E-state index is -0.409. The molecule has 1 saturated carbocycles. The standard InChI is InChI=1S/C21H33N3O/c1-17(2)23-13-15-24(16-14-23)20(25)21(11-5-4-6-12-21)22-19-9-7-18(3)8-10-19/h7-10,17,22H,4-6,11-16H2,1-3H3. The number of nitrogens with zero attached hydrogens (tertiary/aromatic N) is 2. The fraction of sp³-hybridized carbons (Fsp3) is 0.667. The van der Waals surface area contributed by atoms with Gasteiger partial charge in [0.1, 0.15) is 5.54 Å². The van der Waals surface area contributed by atoms with E-state index in [1.54, 1.807) is 0 Å². The maximum absolute atomic E-state index is 13.5. The molecule has 25 heavy (non-hydrogen) atoms. The first-order chi connectivity index (χ1) is 12.0. The van der Waals surface area contributed by atoms with E-state index in [0.29, 0.717) is 11.9 Å². The van der Waals surface area contributed by atoms with Gasteiger partial charge >= 0.3 is 0 Å². The number of rotatable bonds is 4. The summed E-state index contributed by atoms with van der Waals surface area (Å²) >= 11 is 0. The lowest BCUT2D eigenvalue weighted by Gasteiger charge is -2.44. The lowest BCUT2D eigenvalue weighted by molar-refractivity contribution is -0.139. The summed E-state index contributed by atoms with van der Waals surface area (Å²) in [6.45, 7) is 10.3. The van der Waals surface area contributed by atoms with Gasteiger partial charge in [-0.05, 0) is 45.7 Å². The summed E-state index contributed by atoms with van der Waals surface area (Å²) in [5.41, 5.74) is 1.91. The van der Waals surface area contributed by atoms with E-state index < -0.39 is 5.54 Å². The Balaban J connectivity index is 1.73. The van der Waals surface area contributed by atoms with E-state index in [1.165, 1.54) is 12.0 Å². The maximum atomic E-state index is 13.5. The number of nitrogens with one attached hydrogen (secondary N) is 1. The molecule has 3 rings (SSSR count). The van der Waals surface area contributed by atoms with Gasteiger partial charge in [0.05, 0.1) is 0 Å². The summed E-state index contributed by atoms with van der Waals surface area (Å²) < 4.78 is 0. The number of piperazine rings is 1. The summed E-state index contributed by atoms with van der Waals surface area (Å²) in [7, 11) is 0. The third-order valence-electron chi connectivity index (χ3n) is 5.88. The molecule has 0 aromatic heterocycles. The second kappa shape index (κ2) is 7.77. The molecule has 138 valence electrons. The topological polar surface area (TPSA) is 35.6 Å². The van der Waals surface area contributed by atoms with Crippen molar-refractivity contribution in [2.75, 3.05) is 31.5 Å². The van der Waals surface area contributed by atoms with Crippen molar-refractivity contribution >= 4 is 11.6 Å². The van der Waals surface area contributed by atoms with Crippen molar-refractivity contribution in [3.63, 3.8) is 0 Å². The smallest absolute Gasteiger partial charge is 0.248 e. The van der Waals surface area contributed by atoms with E-state index in [1.807, 2.05) is 0 Å². The first-order valence-electron chi connectivity index (χ1n) is 9.88. The number of anilines is 1. The van der Waals surface area contributed by atoms with Crippen molar-refractivity contribution in [1.82, 2.24) is 9.80 Å². The molecule has 1 aromatic carbocycles. The number of hydrogen-bond donors (Lipinski definition) is 1. The summed E-state index contributed by atoms with van der Waals surface area (Å²) in [5, 5.41) is 3.65. The largest absolute Gasteiger partial charge is 0.371 e. The maximum Gasteiger partial charge on any atom is 0.248 e. The number of hydrogen-bond acceptors (Lipinski definition) is 3. The molecular formula is C21H33N3O. The fourth-order valence-corrected chi connectivity index (χ4v) is 4.20. The quantitative estimate of drug-likeness (QED) is 0.906. The van der Waals surface area contributed by atoms with Crippen LogP contribution in [0.2, 0.25) is 0 Å². The van der Waals surface area contributed by atoms with Crippen LogP contribution in [0.1, 0.15) is 51.5 Å². The summed E-state index contributed by atoms with van der Waals surface area (Å²) in [5.74, 6) is 0.316. The summed E-state index contributed by atoms with van der Waals surface area (Å²) in [6.07, 6.45) is 5.41. The van der Waals surface area contributed by atoms with Crippen LogP contribution in [0, 0.1) is 6.92 Å². The molecule has 1 saturated heterocycles. The highest BCUT2D eigenvalue weighted by molar-refractivity contribution is 5.89. The predicted molar refractivity (Wildman–Crippen MR) is 104 cm³/mol. The van der Waals surface area contributed by atoms with Crippen LogP contribution in [0.4, 0.5) is 5.69 Å². The molecule has 2 fully saturated rings. The molecule has 0 atom stereocenters. The van der Waals surface area contributed by atoms with Crippen LogP contribution >= 0.6 is 0 Å². The van der Waals surface area contributed by atoms with Crippen molar-refractivity contribution in [2.24, 2.45) is 0 Å². The number of carbonyl (C=O) groups excluding carboxylic acids is 1. The molecule has 0 bridgehead atoms. The SMILES string of the molecule is Cc1ccc(NC2(C(=O)N3CCN(C(C)C)CC3)CCCCC2)cc1. The number of aryl methyl sites for hydroxylation is 1. The van der Waals surface area contributed by atoms with E-state index in [0.717, 1.165) is 57.5 Å². The Morgan fingerprint density at radius 1 is 1.00 bits per heavy atom. The van der Waals surface area contributed by atoms with Gasteiger partial charge in [0.15, 0.2) is 0 Å². The van der Waals surface area contributed by atoms with Crippen LogP contribution in [0.25, 0.3) is 0 Å². The van der Waals surface area contributed by atoms with E-state index in [2.05, 4.69) is 60.2 Å². The van der Waals surface area contributed by atoms with Gasteiger partial charge < -0.3 is 10.2 Å². The zero-order chi connectivity index (χ0) is 17.9. The van der Waals surface area contributed by atoms with E-state index in [4.69, 9.17) is 0 Å². The van der Waals surface area contributed by atoms with E-state index >= 15 is 0 Å². The molecule has 1 aliphatic carbocycles.